The molecule has 1 fully saturated rings. The number of hydrogen-bond donors (Lipinski definition) is 0. The van der Waals surface area contributed by atoms with Crippen LogP contribution in [0.5, 0.6) is 0 Å². The molecule has 3 unspecified atom stereocenters. The van der Waals surface area contributed by atoms with Gasteiger partial charge in [0.1, 0.15) is 0 Å². The Morgan fingerprint density at radius 2 is 1.09 bits per heavy atom. The maximum atomic E-state index is 13.2. The summed E-state index contributed by atoms with van der Waals surface area (Å²) in [6.45, 7) is 2.85. The standard InChI is InChI=1S/C49H40N2O2/c1-49(25-10-26-53-48(52)41-28-31-19-20-32(41)27-31)42-29-33(50-44-15-6-2-11-37(44)38-12-3-7-16-45(38)50)21-23-35(42)36-24-22-34(30-43(36)49)51-46-17-8-4-13-39(46)40-14-5-9-18-47(40)51/h2-9,11-24,29-32,41H,10,25-28H2,1H3. The fourth-order valence-corrected chi connectivity index (χ4v) is 10.3. The van der Waals surface area contributed by atoms with Crippen LogP contribution in [0.15, 0.2) is 146 Å². The minimum Gasteiger partial charge on any atom is -0.465 e. The van der Waals surface area contributed by atoms with Gasteiger partial charge in [0.05, 0.1) is 34.6 Å². The van der Waals surface area contributed by atoms with Gasteiger partial charge in [0.2, 0.25) is 0 Å². The van der Waals surface area contributed by atoms with E-state index in [-0.39, 0.29) is 17.3 Å². The van der Waals surface area contributed by atoms with Crippen LogP contribution in [0, 0.1) is 17.8 Å². The summed E-state index contributed by atoms with van der Waals surface area (Å²) in [5, 5.41) is 5.05. The smallest absolute Gasteiger partial charge is 0.309 e. The van der Waals surface area contributed by atoms with Gasteiger partial charge in [-0.15, -0.1) is 0 Å². The van der Waals surface area contributed by atoms with E-state index in [1.807, 2.05) is 0 Å². The molecule has 3 atom stereocenters. The highest BCUT2D eigenvalue weighted by molar-refractivity contribution is 6.10. The van der Waals surface area contributed by atoms with Crippen LogP contribution >= 0.6 is 0 Å². The van der Waals surface area contributed by atoms with Crippen molar-refractivity contribution in [3.63, 3.8) is 0 Å². The summed E-state index contributed by atoms with van der Waals surface area (Å²) < 4.78 is 10.9. The summed E-state index contributed by atoms with van der Waals surface area (Å²) in [4.78, 5) is 13.2. The maximum absolute atomic E-state index is 13.2. The van der Waals surface area contributed by atoms with E-state index in [2.05, 4.69) is 162 Å². The SMILES string of the molecule is CC1(CCCOC(=O)C2CC3C=CC2C3)c2cc(-n3c4ccccc4c4ccccc43)ccc2-c2ccc(-n3c4ccccc4c4ccccc43)cc21. The molecule has 4 heteroatoms. The van der Waals surface area contributed by atoms with Crippen LogP contribution in [0.1, 0.15) is 43.7 Å². The largest absolute Gasteiger partial charge is 0.465 e. The molecule has 53 heavy (non-hydrogen) atoms. The molecule has 4 nitrogen and oxygen atoms in total. The number of nitrogens with zero attached hydrogens (tertiary/aromatic N) is 2. The zero-order chi connectivity index (χ0) is 35.3. The van der Waals surface area contributed by atoms with Gasteiger partial charge in [-0.05, 0) is 108 Å². The van der Waals surface area contributed by atoms with E-state index >= 15 is 0 Å². The van der Waals surface area contributed by atoms with Crippen molar-refractivity contribution in [1.82, 2.24) is 9.13 Å². The molecule has 0 radical (unpaired) electrons. The van der Waals surface area contributed by atoms with Crippen molar-refractivity contribution in [2.75, 3.05) is 6.61 Å². The number of aromatic nitrogens is 2. The number of carbonyl (C=O) groups excluding carboxylic acids is 1. The van der Waals surface area contributed by atoms with Crippen molar-refractivity contribution in [1.29, 1.82) is 0 Å². The highest BCUT2D eigenvalue weighted by atomic mass is 16.5. The number of para-hydroxylation sites is 4. The lowest BCUT2D eigenvalue weighted by Crippen LogP contribution is -2.24. The Bertz CT molecular complexity index is 2550. The molecule has 2 aromatic heterocycles. The van der Waals surface area contributed by atoms with Gasteiger partial charge in [0.25, 0.3) is 0 Å². The topological polar surface area (TPSA) is 36.2 Å². The van der Waals surface area contributed by atoms with Crippen LogP contribution < -0.4 is 0 Å². The number of esters is 1. The highest BCUT2D eigenvalue weighted by Crippen LogP contribution is 2.53. The number of ether oxygens (including phenoxy) is 1. The molecule has 0 N–H and O–H groups in total. The molecule has 0 aliphatic heterocycles. The second kappa shape index (κ2) is 11.6. The normalized spacial score (nSPS) is 19.5. The zero-order valence-electron chi connectivity index (χ0n) is 29.8. The molecule has 2 heterocycles. The van der Waals surface area contributed by atoms with Crippen LogP contribution in [-0.4, -0.2) is 21.7 Å². The molecule has 8 aromatic rings. The first-order chi connectivity index (χ1) is 26.1. The van der Waals surface area contributed by atoms with Crippen LogP contribution in [0.4, 0.5) is 0 Å². The van der Waals surface area contributed by atoms with Gasteiger partial charge in [0.15, 0.2) is 0 Å². The lowest BCUT2D eigenvalue weighted by molar-refractivity contribution is -0.149. The fourth-order valence-electron chi connectivity index (χ4n) is 10.3. The van der Waals surface area contributed by atoms with Crippen molar-refractivity contribution in [2.24, 2.45) is 17.8 Å². The van der Waals surface area contributed by atoms with Crippen molar-refractivity contribution < 1.29 is 9.53 Å². The monoisotopic (exact) mass is 688 g/mol. The van der Waals surface area contributed by atoms with E-state index in [4.69, 9.17) is 4.74 Å². The van der Waals surface area contributed by atoms with Gasteiger partial charge in [-0.1, -0.05) is 104 Å². The van der Waals surface area contributed by atoms with Gasteiger partial charge >= 0.3 is 5.97 Å². The van der Waals surface area contributed by atoms with Crippen molar-refractivity contribution in [2.45, 2.75) is 38.0 Å². The Hall–Kier alpha value is -5.87. The molecule has 6 aromatic carbocycles. The summed E-state index contributed by atoms with van der Waals surface area (Å²) >= 11 is 0. The van der Waals surface area contributed by atoms with Gasteiger partial charge in [0, 0.05) is 38.3 Å². The molecule has 0 saturated heterocycles. The van der Waals surface area contributed by atoms with Crippen LogP contribution in [0.25, 0.3) is 66.1 Å². The van der Waals surface area contributed by atoms with Crippen molar-refractivity contribution in [3.8, 4) is 22.5 Å². The molecule has 3 aliphatic rings. The van der Waals surface area contributed by atoms with Crippen LogP contribution in [-0.2, 0) is 14.9 Å². The lowest BCUT2D eigenvalue weighted by atomic mass is 9.76. The Labute approximate surface area is 308 Å². The molecule has 0 amide bonds. The van der Waals surface area contributed by atoms with Crippen molar-refractivity contribution >= 4 is 49.6 Å². The molecule has 258 valence electrons. The first-order valence-corrected chi connectivity index (χ1v) is 19.2. The summed E-state index contributed by atoms with van der Waals surface area (Å²) in [6, 6.07) is 49.0. The number of fused-ring (bicyclic) bond motifs is 11. The molecule has 1 saturated carbocycles. The Kier molecular flexibility index (Phi) is 6.71. The van der Waals surface area contributed by atoms with Crippen LogP contribution in [0.2, 0.25) is 0 Å². The third-order valence-electron chi connectivity index (χ3n) is 12.8. The molecule has 11 rings (SSSR count). The number of allylic oxidation sites excluding steroid dienone is 2. The van der Waals surface area contributed by atoms with Gasteiger partial charge in [-0.25, -0.2) is 0 Å². The maximum Gasteiger partial charge on any atom is 0.309 e. The molecule has 2 bridgehead atoms. The molecule has 3 aliphatic carbocycles. The zero-order valence-corrected chi connectivity index (χ0v) is 29.8. The Morgan fingerprint density at radius 1 is 0.623 bits per heavy atom. The minimum atomic E-state index is -0.296. The van der Waals surface area contributed by atoms with E-state index in [9.17, 15) is 4.79 Å². The fraction of sp³-hybridized carbons (Fsp3) is 0.204. The van der Waals surface area contributed by atoms with Gasteiger partial charge in [-0.2, -0.15) is 0 Å². The number of rotatable bonds is 7. The van der Waals surface area contributed by atoms with Gasteiger partial charge in [-0.3, -0.25) is 4.79 Å². The van der Waals surface area contributed by atoms with E-state index < -0.39 is 0 Å². The lowest BCUT2D eigenvalue weighted by Gasteiger charge is -2.29. The van der Waals surface area contributed by atoms with Crippen molar-refractivity contribution in [3.05, 3.63) is 157 Å². The summed E-state index contributed by atoms with van der Waals surface area (Å²) in [5.74, 6) is 0.921. The molecular weight excluding hydrogens is 649 g/mol. The second-order valence-electron chi connectivity index (χ2n) is 15.7. The number of benzene rings is 6. The minimum absolute atomic E-state index is 0.0125. The van der Waals surface area contributed by atoms with E-state index in [0.29, 0.717) is 18.4 Å². The van der Waals surface area contributed by atoms with Gasteiger partial charge < -0.3 is 13.9 Å². The predicted molar refractivity (Wildman–Crippen MR) is 216 cm³/mol. The Morgan fingerprint density at radius 3 is 1.53 bits per heavy atom. The van der Waals surface area contributed by atoms with E-state index in [0.717, 1.165) is 25.7 Å². The summed E-state index contributed by atoms with van der Waals surface area (Å²) in [7, 11) is 0. The quantitative estimate of drug-likeness (QED) is 0.0949. The molecule has 0 spiro atoms. The summed E-state index contributed by atoms with van der Waals surface area (Å²) in [5.41, 5.74) is 12.1. The number of hydrogen-bond acceptors (Lipinski definition) is 2. The third-order valence-corrected chi connectivity index (χ3v) is 12.8. The second-order valence-corrected chi connectivity index (χ2v) is 15.7. The predicted octanol–water partition coefficient (Wildman–Crippen LogP) is 11.7. The Balaban J connectivity index is 1.03. The number of carbonyl (C=O) groups is 1. The van der Waals surface area contributed by atoms with Crippen LogP contribution in [0.3, 0.4) is 0 Å². The third kappa shape index (κ3) is 4.51. The average molecular weight is 689 g/mol. The molecular formula is C49H40N2O2. The summed E-state index contributed by atoms with van der Waals surface area (Å²) in [6.07, 6.45) is 8.22. The van der Waals surface area contributed by atoms with E-state index in [1.54, 1.807) is 0 Å². The van der Waals surface area contributed by atoms with E-state index in [1.165, 1.54) is 77.2 Å². The average Bonchev–Trinajstić information content (AvgIpc) is 4.02. The first-order valence-electron chi connectivity index (χ1n) is 19.2. The highest BCUT2D eigenvalue weighted by Gasteiger charge is 2.42. The first kappa shape index (κ1) is 30.7.